The average Bonchev–Trinajstić information content (AvgIpc) is 3.22. The first-order valence-electron chi connectivity index (χ1n) is 10.2. The molecule has 2 heterocycles. The van der Waals surface area contributed by atoms with E-state index in [4.69, 9.17) is 0 Å². The highest BCUT2D eigenvalue weighted by Gasteiger charge is 2.17. The van der Waals surface area contributed by atoms with Crippen molar-refractivity contribution in [2.75, 3.05) is 0 Å². The maximum atomic E-state index is 12.5. The van der Waals surface area contributed by atoms with Crippen molar-refractivity contribution in [3.05, 3.63) is 110 Å². The van der Waals surface area contributed by atoms with Crippen molar-refractivity contribution in [3.8, 4) is 11.1 Å². The summed E-state index contributed by atoms with van der Waals surface area (Å²) >= 11 is 0. The summed E-state index contributed by atoms with van der Waals surface area (Å²) in [7, 11) is 0. The molecule has 32 heavy (non-hydrogen) atoms. The summed E-state index contributed by atoms with van der Waals surface area (Å²) < 4.78 is 1.89. The molecule has 8 nitrogen and oxygen atoms in total. The third-order valence-electron chi connectivity index (χ3n) is 5.33. The largest absolute Gasteiger partial charge is 0.344 e. The zero-order valence-corrected chi connectivity index (χ0v) is 17.8. The van der Waals surface area contributed by atoms with Crippen molar-refractivity contribution in [1.82, 2.24) is 25.1 Å². The van der Waals surface area contributed by atoms with Gasteiger partial charge in [-0.05, 0) is 36.1 Å². The number of aromatic nitrogens is 4. The lowest BCUT2D eigenvalue weighted by Crippen LogP contribution is -2.32. The lowest BCUT2D eigenvalue weighted by atomic mass is 9.95. The molecule has 0 saturated carbocycles. The number of carbonyl (C=O) groups is 1. The van der Waals surface area contributed by atoms with Crippen molar-refractivity contribution < 1.29 is 4.79 Å². The van der Waals surface area contributed by atoms with E-state index in [1.807, 2.05) is 72.3 Å². The van der Waals surface area contributed by atoms with Gasteiger partial charge in [-0.3, -0.25) is 19.3 Å². The highest BCUT2D eigenvalue weighted by atomic mass is 16.2. The minimum absolute atomic E-state index is 0.0819. The number of rotatable bonds is 6. The monoisotopic (exact) mass is 429 g/mol. The van der Waals surface area contributed by atoms with Crippen LogP contribution in [0.15, 0.2) is 76.6 Å². The first-order valence-corrected chi connectivity index (χ1v) is 10.2. The molecule has 4 rings (SSSR count). The van der Waals surface area contributed by atoms with E-state index in [1.165, 1.54) is 5.56 Å². The van der Waals surface area contributed by atoms with Crippen LogP contribution in [0.5, 0.6) is 0 Å². The summed E-state index contributed by atoms with van der Waals surface area (Å²) in [6, 6.07) is 16.7. The Hall–Kier alpha value is -4.20. The predicted octanol–water partition coefficient (Wildman–Crippen LogP) is 2.77. The summed E-state index contributed by atoms with van der Waals surface area (Å²) in [5.41, 5.74) is 3.68. The van der Waals surface area contributed by atoms with E-state index in [-0.39, 0.29) is 11.7 Å². The first-order chi connectivity index (χ1) is 15.4. The van der Waals surface area contributed by atoms with Gasteiger partial charge in [0.15, 0.2) is 0 Å². The lowest BCUT2D eigenvalue weighted by molar-refractivity contribution is 0.0934. The van der Waals surface area contributed by atoms with Gasteiger partial charge in [0, 0.05) is 17.8 Å². The molecular weight excluding hydrogens is 406 g/mol. The van der Waals surface area contributed by atoms with Crippen molar-refractivity contribution in [2.24, 2.45) is 0 Å². The van der Waals surface area contributed by atoms with E-state index >= 15 is 0 Å². The highest BCUT2D eigenvalue weighted by Crippen LogP contribution is 2.28. The Morgan fingerprint density at radius 1 is 1.09 bits per heavy atom. The Kier molecular flexibility index (Phi) is 5.85. The number of benzene rings is 2. The number of hydrogen-bond donors (Lipinski definition) is 3. The zero-order chi connectivity index (χ0) is 22.7. The fourth-order valence-electron chi connectivity index (χ4n) is 3.74. The van der Waals surface area contributed by atoms with Crippen molar-refractivity contribution >= 4 is 5.91 Å². The van der Waals surface area contributed by atoms with E-state index < -0.39 is 17.2 Å². The van der Waals surface area contributed by atoms with Crippen LogP contribution in [-0.2, 0) is 6.54 Å². The van der Waals surface area contributed by atoms with Gasteiger partial charge in [0.25, 0.3) is 11.5 Å². The number of nitrogens with zero attached hydrogens (tertiary/aromatic N) is 2. The van der Waals surface area contributed by atoms with Gasteiger partial charge >= 0.3 is 5.69 Å². The van der Waals surface area contributed by atoms with E-state index in [2.05, 4.69) is 27.5 Å². The van der Waals surface area contributed by atoms with Crippen LogP contribution < -0.4 is 16.6 Å². The Labute approximate surface area is 184 Å². The third-order valence-corrected chi connectivity index (χ3v) is 5.33. The zero-order valence-electron chi connectivity index (χ0n) is 17.8. The molecule has 1 atom stereocenters. The first kappa shape index (κ1) is 21.0. The maximum Gasteiger partial charge on any atom is 0.326 e. The van der Waals surface area contributed by atoms with E-state index in [9.17, 15) is 14.4 Å². The molecule has 0 aliphatic rings. The number of carbonyl (C=O) groups excluding carboxylic acids is 1. The van der Waals surface area contributed by atoms with Gasteiger partial charge in [-0.15, -0.1) is 0 Å². The number of nitrogens with one attached hydrogen (secondary N) is 3. The normalized spacial score (nSPS) is 11.8. The van der Waals surface area contributed by atoms with Crippen LogP contribution in [0.3, 0.4) is 0 Å². The van der Waals surface area contributed by atoms with Crippen LogP contribution in [0.2, 0.25) is 0 Å². The van der Waals surface area contributed by atoms with Gasteiger partial charge in [-0.2, -0.15) is 5.10 Å². The Bertz CT molecular complexity index is 1340. The highest BCUT2D eigenvalue weighted by molar-refractivity contribution is 5.92. The fraction of sp³-hybridized carbons (Fsp3) is 0.167. The molecule has 0 spiro atoms. The summed E-state index contributed by atoms with van der Waals surface area (Å²) in [6.45, 7) is 4.53. The van der Waals surface area contributed by atoms with Gasteiger partial charge in [0.05, 0.1) is 18.8 Å². The van der Waals surface area contributed by atoms with E-state index in [0.717, 1.165) is 28.3 Å². The second-order valence-electron chi connectivity index (χ2n) is 7.63. The average molecular weight is 429 g/mol. The minimum atomic E-state index is -0.721. The van der Waals surface area contributed by atoms with Crippen LogP contribution in [0.4, 0.5) is 0 Å². The second-order valence-corrected chi connectivity index (χ2v) is 7.63. The molecular formula is C24H23N5O3. The molecule has 4 aromatic rings. The van der Waals surface area contributed by atoms with Crippen LogP contribution >= 0.6 is 0 Å². The van der Waals surface area contributed by atoms with Crippen LogP contribution in [0.1, 0.15) is 40.1 Å². The molecule has 0 aliphatic heterocycles. The molecule has 2 aromatic heterocycles. The fourth-order valence-corrected chi connectivity index (χ4v) is 3.74. The number of amides is 1. The third kappa shape index (κ3) is 4.59. The molecule has 8 heteroatoms. The van der Waals surface area contributed by atoms with Gasteiger partial charge < -0.3 is 10.3 Å². The molecule has 3 N–H and O–H groups in total. The summed E-state index contributed by atoms with van der Waals surface area (Å²) in [5, 5.41) is 7.33. The number of H-pyrrole nitrogens is 2. The molecule has 0 saturated heterocycles. The van der Waals surface area contributed by atoms with Gasteiger partial charge in [-0.25, -0.2) is 4.79 Å². The molecule has 0 aliphatic carbocycles. The summed E-state index contributed by atoms with van der Waals surface area (Å²) in [6.07, 6.45) is 3.84. The minimum Gasteiger partial charge on any atom is -0.344 e. The van der Waals surface area contributed by atoms with Crippen LogP contribution in [-0.4, -0.2) is 25.7 Å². The molecule has 2 aromatic carbocycles. The summed E-state index contributed by atoms with van der Waals surface area (Å²) in [4.78, 5) is 39.8. The Morgan fingerprint density at radius 2 is 1.88 bits per heavy atom. The van der Waals surface area contributed by atoms with Gasteiger partial charge in [0.2, 0.25) is 0 Å². The molecule has 0 radical (unpaired) electrons. The molecule has 0 fully saturated rings. The van der Waals surface area contributed by atoms with Crippen LogP contribution in [0, 0.1) is 6.92 Å². The molecule has 1 unspecified atom stereocenters. The maximum absolute atomic E-state index is 12.5. The SMILES string of the molecule is Cc1c(-c2cnn(Cc3ccccc3)c2)cccc1C(C)NC(=O)c1cc(=O)[nH]c(=O)[nH]1. The van der Waals surface area contributed by atoms with Crippen molar-refractivity contribution in [2.45, 2.75) is 26.4 Å². The standard InChI is InChI=1S/C24H23N5O3/c1-15-19(16(2)26-23(31)21-11-22(30)28-24(32)27-21)9-6-10-20(15)18-12-25-29(14-18)13-17-7-4-3-5-8-17/h3-12,14,16H,13H2,1-2H3,(H,26,31)(H2,27,28,30,32). The quantitative estimate of drug-likeness (QED) is 0.437. The molecule has 1 amide bonds. The molecule has 162 valence electrons. The smallest absolute Gasteiger partial charge is 0.326 e. The Balaban J connectivity index is 1.55. The lowest BCUT2D eigenvalue weighted by Gasteiger charge is -2.18. The Morgan fingerprint density at radius 3 is 2.62 bits per heavy atom. The van der Waals surface area contributed by atoms with Crippen LogP contribution in [0.25, 0.3) is 11.1 Å². The second kappa shape index (κ2) is 8.89. The van der Waals surface area contributed by atoms with Crippen molar-refractivity contribution in [3.63, 3.8) is 0 Å². The number of hydrogen-bond acceptors (Lipinski definition) is 4. The topological polar surface area (TPSA) is 113 Å². The molecule has 0 bridgehead atoms. The van der Waals surface area contributed by atoms with Crippen molar-refractivity contribution in [1.29, 1.82) is 0 Å². The number of aromatic amines is 2. The van der Waals surface area contributed by atoms with E-state index in [0.29, 0.717) is 6.54 Å². The van der Waals surface area contributed by atoms with Gasteiger partial charge in [-0.1, -0.05) is 48.5 Å². The van der Waals surface area contributed by atoms with Gasteiger partial charge in [0.1, 0.15) is 5.69 Å². The van der Waals surface area contributed by atoms with E-state index in [1.54, 1.807) is 0 Å². The predicted molar refractivity (Wildman–Crippen MR) is 122 cm³/mol. The summed E-state index contributed by atoms with van der Waals surface area (Å²) in [5.74, 6) is -0.527.